The summed E-state index contributed by atoms with van der Waals surface area (Å²) in [5.74, 6) is 0.683. The normalized spacial score (nSPS) is 26.4. The first-order valence-electron chi connectivity index (χ1n) is 5.20. The van der Waals surface area contributed by atoms with Crippen molar-refractivity contribution in [2.45, 2.75) is 38.6 Å². The van der Waals surface area contributed by atoms with Crippen molar-refractivity contribution in [1.82, 2.24) is 4.72 Å². The molecule has 1 rings (SSSR count). The van der Waals surface area contributed by atoms with Crippen LogP contribution in [0.2, 0.25) is 0 Å². The van der Waals surface area contributed by atoms with E-state index in [1.807, 2.05) is 0 Å². The first kappa shape index (κ1) is 11.9. The zero-order valence-electron chi connectivity index (χ0n) is 8.57. The Bertz CT molecular complexity index is 263. The van der Waals surface area contributed by atoms with E-state index in [2.05, 4.69) is 11.6 Å². The van der Waals surface area contributed by atoms with Gasteiger partial charge in [-0.1, -0.05) is 13.3 Å². The van der Waals surface area contributed by atoms with Gasteiger partial charge in [-0.05, 0) is 25.2 Å². The van der Waals surface area contributed by atoms with Gasteiger partial charge in [0.15, 0.2) is 0 Å². The van der Waals surface area contributed by atoms with Gasteiger partial charge < -0.3 is 5.11 Å². The average Bonchev–Trinajstić information content (AvgIpc) is 2.82. The van der Waals surface area contributed by atoms with Crippen LogP contribution in [0.1, 0.15) is 32.6 Å². The lowest BCUT2D eigenvalue weighted by molar-refractivity contribution is 0.287. The molecule has 0 bridgehead atoms. The van der Waals surface area contributed by atoms with Crippen molar-refractivity contribution >= 4 is 10.0 Å². The highest BCUT2D eigenvalue weighted by molar-refractivity contribution is 7.89. The molecule has 2 N–H and O–H groups in total. The third-order valence-corrected chi connectivity index (χ3v) is 4.09. The molecule has 0 aromatic carbocycles. The molecule has 1 aliphatic carbocycles. The Morgan fingerprint density at radius 1 is 1.43 bits per heavy atom. The van der Waals surface area contributed by atoms with E-state index < -0.39 is 10.0 Å². The minimum Gasteiger partial charge on any atom is -0.396 e. The molecule has 0 saturated heterocycles. The molecule has 1 aliphatic rings. The maximum absolute atomic E-state index is 11.4. The van der Waals surface area contributed by atoms with E-state index in [0.717, 1.165) is 12.8 Å². The number of rotatable bonds is 7. The van der Waals surface area contributed by atoms with Crippen LogP contribution in [0.25, 0.3) is 0 Å². The second kappa shape index (κ2) is 5.09. The first-order chi connectivity index (χ1) is 6.59. The summed E-state index contributed by atoms with van der Waals surface area (Å²) in [5.41, 5.74) is 0. The topological polar surface area (TPSA) is 66.4 Å². The van der Waals surface area contributed by atoms with Crippen LogP contribution in [0, 0.1) is 5.92 Å². The van der Waals surface area contributed by atoms with Crippen molar-refractivity contribution in [1.29, 1.82) is 0 Å². The molecule has 0 spiro atoms. The zero-order chi connectivity index (χ0) is 10.6. The summed E-state index contributed by atoms with van der Waals surface area (Å²) >= 11 is 0. The molecule has 0 heterocycles. The van der Waals surface area contributed by atoms with Crippen LogP contribution in [-0.4, -0.2) is 31.9 Å². The molecule has 14 heavy (non-hydrogen) atoms. The Morgan fingerprint density at radius 2 is 2.14 bits per heavy atom. The van der Waals surface area contributed by atoms with Gasteiger partial charge in [0.05, 0.1) is 5.75 Å². The molecule has 0 radical (unpaired) electrons. The Labute approximate surface area is 85.8 Å². The minimum absolute atomic E-state index is 0.0660. The molecular formula is C9H19NO3S. The summed E-state index contributed by atoms with van der Waals surface area (Å²) in [6, 6.07) is 0.180. The van der Waals surface area contributed by atoms with E-state index in [-0.39, 0.29) is 18.4 Å². The molecule has 0 aliphatic heterocycles. The van der Waals surface area contributed by atoms with E-state index in [0.29, 0.717) is 18.8 Å². The van der Waals surface area contributed by atoms with Gasteiger partial charge in [-0.2, -0.15) is 0 Å². The number of aliphatic hydroxyl groups is 1. The third-order valence-electron chi connectivity index (χ3n) is 2.60. The van der Waals surface area contributed by atoms with Crippen molar-refractivity contribution in [3.8, 4) is 0 Å². The maximum atomic E-state index is 11.4. The lowest BCUT2D eigenvalue weighted by Crippen LogP contribution is -2.29. The van der Waals surface area contributed by atoms with E-state index in [9.17, 15) is 8.42 Å². The summed E-state index contributed by atoms with van der Waals surface area (Å²) < 4.78 is 25.5. The van der Waals surface area contributed by atoms with Crippen LogP contribution in [0.3, 0.4) is 0 Å². The molecule has 2 atom stereocenters. The van der Waals surface area contributed by atoms with Crippen LogP contribution in [0.5, 0.6) is 0 Å². The smallest absolute Gasteiger partial charge is 0.211 e. The number of hydrogen-bond donors (Lipinski definition) is 2. The predicted molar refractivity (Wildman–Crippen MR) is 55.4 cm³/mol. The highest BCUT2D eigenvalue weighted by Gasteiger charge is 2.37. The summed E-state index contributed by atoms with van der Waals surface area (Å²) in [7, 11) is -3.09. The highest BCUT2D eigenvalue weighted by Crippen LogP contribution is 2.33. The van der Waals surface area contributed by atoms with Gasteiger partial charge in [0, 0.05) is 12.6 Å². The lowest BCUT2D eigenvalue weighted by atomic mass is 10.3. The van der Waals surface area contributed by atoms with Gasteiger partial charge in [0.2, 0.25) is 10.0 Å². The van der Waals surface area contributed by atoms with E-state index in [1.54, 1.807) is 0 Å². The number of unbranched alkanes of at least 4 members (excludes halogenated alkanes) is 1. The van der Waals surface area contributed by atoms with Gasteiger partial charge in [0.25, 0.3) is 0 Å². The Kier molecular flexibility index (Phi) is 4.34. The molecule has 2 unspecified atom stereocenters. The van der Waals surface area contributed by atoms with Crippen LogP contribution >= 0.6 is 0 Å². The van der Waals surface area contributed by atoms with Crippen molar-refractivity contribution in [3.05, 3.63) is 0 Å². The van der Waals surface area contributed by atoms with Gasteiger partial charge in [-0.25, -0.2) is 13.1 Å². The van der Waals surface area contributed by atoms with Crippen molar-refractivity contribution in [3.63, 3.8) is 0 Å². The predicted octanol–water partition coefficient (Wildman–Crippen LogP) is 0.477. The molecule has 0 aromatic heterocycles. The Hall–Kier alpha value is -0.130. The number of nitrogens with one attached hydrogen (secondary N) is 1. The van der Waals surface area contributed by atoms with Gasteiger partial charge in [-0.3, -0.25) is 0 Å². The third kappa shape index (κ3) is 3.94. The van der Waals surface area contributed by atoms with E-state index in [4.69, 9.17) is 5.11 Å². The molecular weight excluding hydrogens is 202 g/mol. The number of aliphatic hydroxyl groups excluding tert-OH is 1. The quantitative estimate of drug-likeness (QED) is 0.614. The summed E-state index contributed by atoms with van der Waals surface area (Å²) in [4.78, 5) is 0. The molecule has 0 amide bonds. The molecule has 84 valence electrons. The molecule has 1 saturated carbocycles. The second-order valence-corrected chi connectivity index (χ2v) is 5.75. The van der Waals surface area contributed by atoms with Gasteiger partial charge in [0.1, 0.15) is 0 Å². The molecule has 1 fully saturated rings. The minimum atomic E-state index is -3.09. The Balaban J connectivity index is 2.22. The number of hydrogen-bond acceptors (Lipinski definition) is 3. The summed E-state index contributed by atoms with van der Waals surface area (Å²) in [6.07, 6.45) is 3.12. The fraction of sp³-hybridized carbons (Fsp3) is 1.00. The van der Waals surface area contributed by atoms with E-state index >= 15 is 0 Å². The maximum Gasteiger partial charge on any atom is 0.211 e. The summed E-state index contributed by atoms with van der Waals surface area (Å²) in [5, 5.41) is 8.52. The van der Waals surface area contributed by atoms with E-state index in [1.165, 1.54) is 0 Å². The standard InChI is InChI=1S/C9H19NO3S/c1-2-8-7-9(8)10-14(12,13)6-4-3-5-11/h8-11H,2-7H2,1H3. The van der Waals surface area contributed by atoms with Crippen LogP contribution in [0.4, 0.5) is 0 Å². The molecule has 4 nitrogen and oxygen atoms in total. The average molecular weight is 221 g/mol. The number of sulfonamides is 1. The molecule has 5 heteroatoms. The van der Waals surface area contributed by atoms with Gasteiger partial charge >= 0.3 is 0 Å². The zero-order valence-corrected chi connectivity index (χ0v) is 9.39. The van der Waals surface area contributed by atoms with Gasteiger partial charge in [-0.15, -0.1) is 0 Å². The van der Waals surface area contributed by atoms with Crippen LogP contribution in [-0.2, 0) is 10.0 Å². The lowest BCUT2D eigenvalue weighted by Gasteiger charge is -2.04. The monoisotopic (exact) mass is 221 g/mol. The fourth-order valence-corrected chi connectivity index (χ4v) is 2.99. The van der Waals surface area contributed by atoms with Crippen molar-refractivity contribution in [2.24, 2.45) is 5.92 Å². The SMILES string of the molecule is CCC1CC1NS(=O)(=O)CCCCO. The van der Waals surface area contributed by atoms with Crippen LogP contribution in [0.15, 0.2) is 0 Å². The summed E-state index contributed by atoms with van der Waals surface area (Å²) in [6.45, 7) is 2.14. The highest BCUT2D eigenvalue weighted by atomic mass is 32.2. The Morgan fingerprint density at radius 3 is 2.64 bits per heavy atom. The largest absolute Gasteiger partial charge is 0.396 e. The first-order valence-corrected chi connectivity index (χ1v) is 6.85. The fourth-order valence-electron chi connectivity index (χ4n) is 1.54. The van der Waals surface area contributed by atoms with Crippen LogP contribution < -0.4 is 4.72 Å². The van der Waals surface area contributed by atoms with Crippen molar-refractivity contribution < 1.29 is 13.5 Å². The second-order valence-electron chi connectivity index (χ2n) is 3.88. The molecule has 0 aromatic rings. The van der Waals surface area contributed by atoms with Crippen molar-refractivity contribution in [2.75, 3.05) is 12.4 Å².